The van der Waals surface area contributed by atoms with Crippen molar-refractivity contribution in [1.82, 2.24) is 4.98 Å². The van der Waals surface area contributed by atoms with Gasteiger partial charge in [-0.05, 0) is 31.4 Å². The van der Waals surface area contributed by atoms with Crippen LogP contribution in [0.3, 0.4) is 0 Å². The van der Waals surface area contributed by atoms with Crippen molar-refractivity contribution >= 4 is 27.8 Å². The molecular weight excluding hydrogens is 350 g/mol. The summed E-state index contributed by atoms with van der Waals surface area (Å²) in [5.41, 5.74) is 2.06. The van der Waals surface area contributed by atoms with E-state index in [4.69, 9.17) is 5.26 Å². The average Bonchev–Trinajstić information content (AvgIpc) is 2.95. The Bertz CT molecular complexity index is 988. The molecule has 0 aliphatic rings. The van der Waals surface area contributed by atoms with Gasteiger partial charge in [0.05, 0.1) is 17.3 Å². The molecule has 0 aliphatic heterocycles. The monoisotopic (exact) mass is 365 g/mol. The van der Waals surface area contributed by atoms with E-state index in [1.807, 2.05) is 18.2 Å². The van der Waals surface area contributed by atoms with Gasteiger partial charge in [-0.15, -0.1) is 21.6 Å². The van der Waals surface area contributed by atoms with Crippen LogP contribution >= 0.6 is 11.3 Å². The summed E-state index contributed by atoms with van der Waals surface area (Å²) in [5, 5.41) is 48.7. The largest absolute Gasteiger partial charge is 0.374 e. The van der Waals surface area contributed by atoms with E-state index in [0.717, 1.165) is 11.3 Å². The van der Waals surface area contributed by atoms with Gasteiger partial charge in [0, 0.05) is 0 Å². The number of thiophene rings is 1. The summed E-state index contributed by atoms with van der Waals surface area (Å²) < 4.78 is 0. The summed E-state index contributed by atoms with van der Waals surface area (Å²) >= 11 is 1.09. The molecule has 0 aromatic carbocycles. The average molecular weight is 365 g/mol. The molecule has 2 rings (SSSR count). The van der Waals surface area contributed by atoms with Gasteiger partial charge < -0.3 is 10.4 Å². The molecule has 0 radical (unpaired) electrons. The summed E-state index contributed by atoms with van der Waals surface area (Å²) in [7, 11) is 0. The van der Waals surface area contributed by atoms with Crippen LogP contribution in [0.5, 0.6) is 0 Å². The number of nitriles is 3. The molecule has 0 saturated heterocycles. The first kappa shape index (κ1) is 19.0. The molecule has 26 heavy (non-hydrogen) atoms. The first-order chi connectivity index (χ1) is 12.5. The van der Waals surface area contributed by atoms with Crippen molar-refractivity contribution in [3.8, 4) is 18.2 Å². The zero-order valence-electron chi connectivity index (χ0n) is 14.4. The Kier molecular flexibility index (Phi) is 5.98. The fraction of sp³-hybridized carbons (Fsp3) is 0.294. The maximum absolute atomic E-state index is 9.69. The highest BCUT2D eigenvalue weighted by Crippen LogP contribution is 2.36. The first-order valence-corrected chi connectivity index (χ1v) is 8.48. The lowest BCUT2D eigenvalue weighted by molar-refractivity contribution is 0.199. The second-order valence-corrected chi connectivity index (χ2v) is 6.33. The third-order valence-electron chi connectivity index (χ3n) is 3.70. The zero-order chi connectivity index (χ0) is 19.3. The summed E-state index contributed by atoms with van der Waals surface area (Å²) in [6.45, 7) is 5.18. The molecule has 2 heterocycles. The van der Waals surface area contributed by atoms with Crippen LogP contribution in [-0.2, 0) is 0 Å². The van der Waals surface area contributed by atoms with Crippen molar-refractivity contribution in [2.24, 2.45) is 10.2 Å². The number of aliphatic hydroxyl groups is 1. The summed E-state index contributed by atoms with van der Waals surface area (Å²) in [5.74, 6) is 0.273. The van der Waals surface area contributed by atoms with Gasteiger partial charge in [0.15, 0.2) is 5.00 Å². The van der Waals surface area contributed by atoms with Crippen molar-refractivity contribution < 1.29 is 5.11 Å². The van der Waals surface area contributed by atoms with E-state index in [2.05, 4.69) is 20.5 Å². The number of hydrogen-bond acceptors (Lipinski definition) is 9. The Labute approximate surface area is 154 Å². The Morgan fingerprint density at radius 2 is 1.85 bits per heavy atom. The standard InChI is InChI=1S/C17H15N7OS/c1-4-15(25)22-16-11(5-18)9(2)13(8-21-16)23-24-17-12(6-19)10(3)14(7-20)26-17/h8,15,25H,4H2,1-3H3,(H,21,22). The molecule has 0 aliphatic carbocycles. The van der Waals surface area contributed by atoms with Gasteiger partial charge in [0.1, 0.15) is 40.8 Å². The van der Waals surface area contributed by atoms with Gasteiger partial charge in [-0.3, -0.25) is 0 Å². The minimum atomic E-state index is -0.807. The molecule has 0 spiro atoms. The number of azo groups is 1. The third-order valence-corrected chi connectivity index (χ3v) is 4.78. The van der Waals surface area contributed by atoms with E-state index in [1.54, 1.807) is 20.8 Å². The number of pyridine rings is 1. The number of nitrogens with zero attached hydrogens (tertiary/aromatic N) is 6. The number of aromatic nitrogens is 1. The van der Waals surface area contributed by atoms with E-state index >= 15 is 0 Å². The minimum absolute atomic E-state index is 0.259. The van der Waals surface area contributed by atoms with Crippen molar-refractivity contribution in [3.63, 3.8) is 0 Å². The van der Waals surface area contributed by atoms with E-state index in [1.165, 1.54) is 6.20 Å². The first-order valence-electron chi connectivity index (χ1n) is 7.66. The molecule has 0 fully saturated rings. The number of hydrogen-bond donors (Lipinski definition) is 2. The molecular formula is C17H15N7OS. The second kappa shape index (κ2) is 8.17. The molecule has 2 N–H and O–H groups in total. The molecule has 2 aromatic rings. The van der Waals surface area contributed by atoms with E-state index in [-0.39, 0.29) is 11.4 Å². The molecule has 130 valence electrons. The van der Waals surface area contributed by atoms with Crippen LogP contribution in [0.2, 0.25) is 0 Å². The second-order valence-electron chi connectivity index (χ2n) is 5.33. The molecule has 9 heteroatoms. The quantitative estimate of drug-likeness (QED) is 0.607. The van der Waals surface area contributed by atoms with E-state index in [9.17, 15) is 15.6 Å². The highest BCUT2D eigenvalue weighted by Gasteiger charge is 2.16. The maximum atomic E-state index is 9.69. The lowest BCUT2D eigenvalue weighted by atomic mass is 10.1. The summed E-state index contributed by atoms with van der Waals surface area (Å²) in [6.07, 6.45) is 1.09. The van der Waals surface area contributed by atoms with Crippen LogP contribution in [-0.4, -0.2) is 16.3 Å². The molecule has 0 bridgehead atoms. The van der Waals surface area contributed by atoms with Crippen LogP contribution in [0.15, 0.2) is 16.4 Å². The van der Waals surface area contributed by atoms with Gasteiger partial charge in [0.2, 0.25) is 0 Å². The van der Waals surface area contributed by atoms with Crippen LogP contribution in [0.1, 0.15) is 40.5 Å². The van der Waals surface area contributed by atoms with Crippen molar-refractivity contribution in [2.45, 2.75) is 33.4 Å². The summed E-state index contributed by atoms with van der Waals surface area (Å²) in [6, 6.07) is 6.10. The molecule has 2 aromatic heterocycles. The number of nitrogens with one attached hydrogen (secondary N) is 1. The van der Waals surface area contributed by atoms with Crippen LogP contribution in [0.4, 0.5) is 16.5 Å². The van der Waals surface area contributed by atoms with Gasteiger partial charge in [-0.25, -0.2) is 4.98 Å². The Morgan fingerprint density at radius 1 is 1.15 bits per heavy atom. The Hall–Kier alpha value is -3.32. The molecule has 0 amide bonds. The van der Waals surface area contributed by atoms with Gasteiger partial charge in [-0.2, -0.15) is 15.8 Å². The Balaban J connectivity index is 2.43. The molecule has 1 unspecified atom stereocenters. The maximum Gasteiger partial charge on any atom is 0.158 e. The van der Waals surface area contributed by atoms with Crippen molar-refractivity contribution in [2.75, 3.05) is 5.32 Å². The van der Waals surface area contributed by atoms with Gasteiger partial charge in [-0.1, -0.05) is 6.92 Å². The lowest BCUT2D eigenvalue weighted by Gasteiger charge is -2.13. The van der Waals surface area contributed by atoms with E-state index < -0.39 is 6.23 Å². The topological polar surface area (TPSA) is 141 Å². The summed E-state index contributed by atoms with van der Waals surface area (Å²) in [4.78, 5) is 4.54. The number of aliphatic hydroxyl groups excluding tert-OH is 1. The molecule has 0 saturated carbocycles. The van der Waals surface area contributed by atoms with E-state index in [0.29, 0.717) is 38.7 Å². The number of anilines is 1. The Morgan fingerprint density at radius 3 is 2.42 bits per heavy atom. The minimum Gasteiger partial charge on any atom is -0.374 e. The highest BCUT2D eigenvalue weighted by molar-refractivity contribution is 7.16. The predicted molar refractivity (Wildman–Crippen MR) is 96.3 cm³/mol. The fourth-order valence-electron chi connectivity index (χ4n) is 2.11. The van der Waals surface area contributed by atoms with Crippen LogP contribution in [0, 0.1) is 47.8 Å². The van der Waals surface area contributed by atoms with Crippen molar-refractivity contribution in [1.29, 1.82) is 15.8 Å². The molecule has 8 nitrogen and oxygen atoms in total. The normalized spacial score (nSPS) is 11.6. The number of rotatable bonds is 5. The lowest BCUT2D eigenvalue weighted by Crippen LogP contribution is -2.19. The SMILES string of the molecule is CCC(O)Nc1ncc(N=Nc2sc(C#N)c(C)c2C#N)c(C)c1C#N. The molecule has 1 atom stereocenters. The van der Waals surface area contributed by atoms with Gasteiger partial charge in [0.25, 0.3) is 0 Å². The van der Waals surface area contributed by atoms with Crippen molar-refractivity contribution in [3.05, 3.63) is 33.3 Å². The zero-order valence-corrected chi connectivity index (χ0v) is 15.2. The van der Waals surface area contributed by atoms with Gasteiger partial charge >= 0.3 is 0 Å². The fourth-order valence-corrected chi connectivity index (χ4v) is 2.98. The predicted octanol–water partition coefficient (Wildman–Crippen LogP) is 3.93. The van der Waals surface area contributed by atoms with Crippen LogP contribution in [0.25, 0.3) is 0 Å². The third kappa shape index (κ3) is 3.68. The highest BCUT2D eigenvalue weighted by atomic mass is 32.1. The van der Waals surface area contributed by atoms with Crippen LogP contribution < -0.4 is 5.32 Å². The smallest absolute Gasteiger partial charge is 0.158 e.